The minimum Gasteiger partial charge on any atom is -0.480 e. The maximum absolute atomic E-state index is 11.3. The lowest BCUT2D eigenvalue weighted by atomic mass is 10.2. The lowest BCUT2D eigenvalue weighted by molar-refractivity contribution is -0.140. The summed E-state index contributed by atoms with van der Waals surface area (Å²) >= 11 is 0. The Morgan fingerprint density at radius 1 is 1.41 bits per heavy atom. The van der Waals surface area contributed by atoms with E-state index in [-0.39, 0.29) is 12.3 Å². The molecule has 1 amide bonds. The van der Waals surface area contributed by atoms with Gasteiger partial charge in [-0.25, -0.2) is 0 Å². The van der Waals surface area contributed by atoms with Crippen molar-refractivity contribution in [2.45, 2.75) is 12.5 Å². The molecule has 1 aliphatic rings. The fourth-order valence-electron chi connectivity index (χ4n) is 1.54. The molecule has 98 valence electrons. The number of ether oxygens (including phenoxy) is 1. The van der Waals surface area contributed by atoms with Crippen LogP contribution >= 0.6 is 0 Å². The molecule has 0 aliphatic carbocycles. The van der Waals surface area contributed by atoms with Crippen LogP contribution in [0.15, 0.2) is 0 Å². The zero-order valence-electron chi connectivity index (χ0n) is 9.72. The van der Waals surface area contributed by atoms with Gasteiger partial charge in [-0.1, -0.05) is 0 Å². The van der Waals surface area contributed by atoms with Gasteiger partial charge in [0.25, 0.3) is 0 Å². The van der Waals surface area contributed by atoms with Crippen molar-refractivity contribution in [3.05, 3.63) is 0 Å². The van der Waals surface area contributed by atoms with E-state index in [2.05, 4.69) is 10.2 Å². The van der Waals surface area contributed by atoms with Crippen molar-refractivity contribution < 1.29 is 19.4 Å². The third kappa shape index (κ3) is 5.62. The molecule has 0 aromatic carbocycles. The van der Waals surface area contributed by atoms with Crippen LogP contribution in [-0.4, -0.2) is 67.3 Å². The average Bonchev–Trinajstić information content (AvgIpc) is 2.30. The molecule has 0 aromatic rings. The summed E-state index contributed by atoms with van der Waals surface area (Å²) in [5.74, 6) is -1.48. The molecular formula is C10H19N3O4. The number of hydrogen-bond acceptors (Lipinski definition) is 5. The summed E-state index contributed by atoms with van der Waals surface area (Å²) in [7, 11) is 0. The molecule has 1 atom stereocenters. The van der Waals surface area contributed by atoms with Crippen molar-refractivity contribution >= 4 is 11.9 Å². The van der Waals surface area contributed by atoms with Gasteiger partial charge in [0.05, 0.1) is 19.6 Å². The molecule has 1 saturated heterocycles. The number of rotatable bonds is 6. The molecule has 4 N–H and O–H groups in total. The fraction of sp³-hybridized carbons (Fsp3) is 0.800. The molecular weight excluding hydrogens is 226 g/mol. The van der Waals surface area contributed by atoms with E-state index < -0.39 is 12.0 Å². The molecule has 7 nitrogen and oxygen atoms in total. The molecule has 1 fully saturated rings. The quantitative estimate of drug-likeness (QED) is 0.512. The summed E-state index contributed by atoms with van der Waals surface area (Å²) in [4.78, 5) is 23.9. The SMILES string of the molecule is NC(CC(=O)NCCN1CCOCC1)C(=O)O. The number of carbonyl (C=O) groups is 2. The zero-order chi connectivity index (χ0) is 12.7. The van der Waals surface area contributed by atoms with Crippen molar-refractivity contribution in [2.24, 2.45) is 5.73 Å². The summed E-state index contributed by atoms with van der Waals surface area (Å²) in [6.45, 7) is 4.42. The first-order valence-corrected chi connectivity index (χ1v) is 5.65. The van der Waals surface area contributed by atoms with Gasteiger partial charge in [0, 0.05) is 26.2 Å². The van der Waals surface area contributed by atoms with E-state index in [1.54, 1.807) is 0 Å². The van der Waals surface area contributed by atoms with Gasteiger partial charge in [0.2, 0.25) is 5.91 Å². The van der Waals surface area contributed by atoms with E-state index in [0.717, 1.165) is 32.8 Å². The third-order valence-electron chi connectivity index (χ3n) is 2.58. The van der Waals surface area contributed by atoms with Crippen LogP contribution in [0.4, 0.5) is 0 Å². The van der Waals surface area contributed by atoms with Crippen LogP contribution in [-0.2, 0) is 14.3 Å². The predicted octanol–water partition coefficient (Wildman–Crippen LogP) is -1.76. The zero-order valence-corrected chi connectivity index (χ0v) is 9.72. The van der Waals surface area contributed by atoms with Crippen LogP contribution in [0.5, 0.6) is 0 Å². The summed E-state index contributed by atoms with van der Waals surface area (Å²) in [5.41, 5.74) is 5.24. The molecule has 17 heavy (non-hydrogen) atoms. The van der Waals surface area contributed by atoms with E-state index >= 15 is 0 Å². The van der Waals surface area contributed by atoms with Crippen molar-refractivity contribution in [3.8, 4) is 0 Å². The number of morpholine rings is 1. The number of nitrogens with one attached hydrogen (secondary N) is 1. The Balaban J connectivity index is 2.09. The lowest BCUT2D eigenvalue weighted by Crippen LogP contribution is -2.42. The number of carbonyl (C=O) groups excluding carboxylic acids is 1. The summed E-state index contributed by atoms with van der Waals surface area (Å²) in [6.07, 6.45) is -0.182. The smallest absolute Gasteiger partial charge is 0.321 e. The Morgan fingerprint density at radius 3 is 2.65 bits per heavy atom. The maximum Gasteiger partial charge on any atom is 0.321 e. The summed E-state index contributed by atoms with van der Waals surface area (Å²) in [5, 5.41) is 11.2. The Hall–Kier alpha value is -1.18. The number of amides is 1. The third-order valence-corrected chi connectivity index (χ3v) is 2.58. The highest BCUT2D eigenvalue weighted by molar-refractivity contribution is 5.84. The number of nitrogens with zero attached hydrogens (tertiary/aromatic N) is 1. The van der Waals surface area contributed by atoms with Gasteiger partial charge < -0.3 is 20.9 Å². The molecule has 0 radical (unpaired) electrons. The average molecular weight is 245 g/mol. The topological polar surface area (TPSA) is 105 Å². The van der Waals surface area contributed by atoms with Gasteiger partial charge in [-0.3, -0.25) is 14.5 Å². The summed E-state index contributed by atoms with van der Waals surface area (Å²) < 4.78 is 5.20. The van der Waals surface area contributed by atoms with Gasteiger partial charge in [-0.2, -0.15) is 0 Å². The highest BCUT2D eigenvalue weighted by atomic mass is 16.5. The Morgan fingerprint density at radius 2 is 2.06 bits per heavy atom. The second-order valence-corrected chi connectivity index (χ2v) is 3.95. The first-order chi connectivity index (χ1) is 8.09. The number of hydrogen-bond donors (Lipinski definition) is 3. The molecule has 0 bridgehead atoms. The molecule has 1 heterocycles. The number of aliphatic carboxylic acids is 1. The second kappa shape index (κ2) is 7.21. The minimum absolute atomic E-state index is 0.182. The minimum atomic E-state index is -1.16. The predicted molar refractivity (Wildman–Crippen MR) is 60.5 cm³/mol. The van der Waals surface area contributed by atoms with Gasteiger partial charge in [-0.15, -0.1) is 0 Å². The van der Waals surface area contributed by atoms with E-state index in [9.17, 15) is 9.59 Å². The first kappa shape index (κ1) is 13.9. The van der Waals surface area contributed by atoms with Crippen molar-refractivity contribution in [3.63, 3.8) is 0 Å². The van der Waals surface area contributed by atoms with Crippen LogP contribution in [0.1, 0.15) is 6.42 Å². The van der Waals surface area contributed by atoms with E-state index in [4.69, 9.17) is 15.6 Å². The molecule has 1 rings (SSSR count). The maximum atomic E-state index is 11.3. The lowest BCUT2D eigenvalue weighted by Gasteiger charge is -2.26. The standard InChI is InChI=1S/C10H19N3O4/c11-8(10(15)16)7-9(14)12-1-2-13-3-5-17-6-4-13/h8H,1-7,11H2,(H,12,14)(H,15,16). The number of nitrogens with two attached hydrogens (primary N) is 1. The molecule has 0 spiro atoms. The summed E-state index contributed by atoms with van der Waals surface area (Å²) in [6, 6.07) is -1.13. The van der Waals surface area contributed by atoms with Crippen molar-refractivity contribution in [2.75, 3.05) is 39.4 Å². The van der Waals surface area contributed by atoms with Crippen molar-refractivity contribution in [1.29, 1.82) is 0 Å². The van der Waals surface area contributed by atoms with Gasteiger partial charge in [0.15, 0.2) is 0 Å². The van der Waals surface area contributed by atoms with E-state index in [0.29, 0.717) is 6.54 Å². The Kier molecular flexibility index (Phi) is 5.88. The van der Waals surface area contributed by atoms with Crippen LogP contribution < -0.4 is 11.1 Å². The largest absolute Gasteiger partial charge is 0.480 e. The second-order valence-electron chi connectivity index (χ2n) is 3.95. The monoisotopic (exact) mass is 245 g/mol. The Labute approximate surface area is 99.9 Å². The molecule has 0 saturated carbocycles. The van der Waals surface area contributed by atoms with Crippen LogP contribution in [0, 0.1) is 0 Å². The van der Waals surface area contributed by atoms with Gasteiger partial charge in [0.1, 0.15) is 6.04 Å². The van der Waals surface area contributed by atoms with Crippen LogP contribution in [0.3, 0.4) is 0 Å². The molecule has 7 heteroatoms. The number of carboxylic acid groups (broad SMARTS) is 1. The fourth-order valence-corrected chi connectivity index (χ4v) is 1.54. The van der Waals surface area contributed by atoms with E-state index in [1.807, 2.05) is 0 Å². The first-order valence-electron chi connectivity index (χ1n) is 5.65. The van der Waals surface area contributed by atoms with Crippen LogP contribution in [0.25, 0.3) is 0 Å². The highest BCUT2D eigenvalue weighted by Crippen LogP contribution is 1.95. The van der Waals surface area contributed by atoms with E-state index in [1.165, 1.54) is 0 Å². The normalized spacial score (nSPS) is 18.6. The van der Waals surface area contributed by atoms with Gasteiger partial charge >= 0.3 is 5.97 Å². The number of carboxylic acids is 1. The Bertz CT molecular complexity index is 266. The molecule has 0 aromatic heterocycles. The van der Waals surface area contributed by atoms with Crippen LogP contribution in [0.2, 0.25) is 0 Å². The highest BCUT2D eigenvalue weighted by Gasteiger charge is 2.16. The van der Waals surface area contributed by atoms with Gasteiger partial charge in [-0.05, 0) is 0 Å². The molecule has 1 aliphatic heterocycles. The molecule has 1 unspecified atom stereocenters. The van der Waals surface area contributed by atoms with Crippen molar-refractivity contribution in [1.82, 2.24) is 10.2 Å².